The Morgan fingerprint density at radius 1 is 1.36 bits per heavy atom. The van der Waals surface area contributed by atoms with E-state index >= 15 is 0 Å². The number of alkyl halides is 1. The normalized spacial score (nSPS) is 15.6. The van der Waals surface area contributed by atoms with Crippen LogP contribution in [0.2, 0.25) is 0 Å². The zero-order valence-electron chi connectivity index (χ0n) is 8.17. The summed E-state index contributed by atoms with van der Waals surface area (Å²) in [5, 5.41) is 4.49. The van der Waals surface area contributed by atoms with Crippen molar-refractivity contribution in [3.8, 4) is 0 Å². The Morgan fingerprint density at radius 2 is 2.21 bits per heavy atom. The first-order valence-corrected chi connectivity index (χ1v) is 6.18. The number of hydrogen-bond acceptors (Lipinski definition) is 2. The van der Waals surface area contributed by atoms with E-state index < -0.39 is 0 Å². The van der Waals surface area contributed by atoms with Crippen molar-refractivity contribution in [1.82, 2.24) is 0 Å². The molecular weight excluding hydrogens is 240 g/mol. The maximum absolute atomic E-state index is 3.50. The number of nitrogens with one attached hydrogen (secondary N) is 1. The third-order valence-electron chi connectivity index (χ3n) is 2.52. The van der Waals surface area contributed by atoms with Crippen LogP contribution in [-0.4, -0.2) is 25.0 Å². The lowest BCUT2D eigenvalue weighted by Gasteiger charge is -2.23. The van der Waals surface area contributed by atoms with E-state index in [1.807, 2.05) is 0 Å². The summed E-state index contributed by atoms with van der Waals surface area (Å²) in [7, 11) is 0. The van der Waals surface area contributed by atoms with Crippen LogP contribution in [0.25, 0.3) is 0 Å². The fourth-order valence-corrected chi connectivity index (χ4v) is 2.27. The number of nitrogens with zero attached hydrogens (tertiary/aromatic N) is 1. The summed E-state index contributed by atoms with van der Waals surface area (Å²) in [6, 6.07) is 8.54. The first-order valence-electron chi connectivity index (χ1n) is 5.05. The predicted octanol–water partition coefficient (Wildman–Crippen LogP) is 2.70. The largest absolute Gasteiger partial charge is 0.383 e. The first-order chi connectivity index (χ1) is 6.92. The van der Waals surface area contributed by atoms with Crippen LogP contribution in [0, 0.1) is 0 Å². The Morgan fingerprint density at radius 3 is 3.07 bits per heavy atom. The second-order valence-electron chi connectivity index (χ2n) is 3.47. The van der Waals surface area contributed by atoms with Crippen LogP contribution < -0.4 is 10.2 Å². The summed E-state index contributed by atoms with van der Waals surface area (Å²) in [5.74, 6) is 0. The summed E-state index contributed by atoms with van der Waals surface area (Å²) in [4.78, 5) is 2.43. The van der Waals surface area contributed by atoms with Gasteiger partial charge in [-0.15, -0.1) is 0 Å². The van der Waals surface area contributed by atoms with Crippen molar-refractivity contribution in [1.29, 1.82) is 0 Å². The maximum atomic E-state index is 3.50. The van der Waals surface area contributed by atoms with Crippen LogP contribution in [-0.2, 0) is 0 Å². The summed E-state index contributed by atoms with van der Waals surface area (Å²) < 4.78 is 0. The van der Waals surface area contributed by atoms with Crippen molar-refractivity contribution < 1.29 is 0 Å². The molecule has 0 aliphatic carbocycles. The van der Waals surface area contributed by atoms with Gasteiger partial charge < -0.3 is 10.2 Å². The number of anilines is 2. The van der Waals surface area contributed by atoms with Gasteiger partial charge in [0.15, 0.2) is 0 Å². The van der Waals surface area contributed by atoms with E-state index in [0.29, 0.717) is 0 Å². The fraction of sp³-hybridized carbons (Fsp3) is 0.455. The number of para-hydroxylation sites is 2. The maximum Gasteiger partial charge on any atom is 0.0602 e. The molecule has 0 spiro atoms. The molecule has 0 bridgehead atoms. The van der Waals surface area contributed by atoms with E-state index in [4.69, 9.17) is 0 Å². The molecule has 0 radical (unpaired) electrons. The van der Waals surface area contributed by atoms with E-state index in [-0.39, 0.29) is 0 Å². The second kappa shape index (κ2) is 4.69. The molecular formula is C11H15BrN2. The highest BCUT2D eigenvalue weighted by atomic mass is 79.9. The van der Waals surface area contributed by atoms with Crippen LogP contribution in [0.4, 0.5) is 11.4 Å². The van der Waals surface area contributed by atoms with Crippen molar-refractivity contribution in [3.05, 3.63) is 24.3 Å². The van der Waals surface area contributed by atoms with Crippen molar-refractivity contribution in [2.75, 3.05) is 35.2 Å². The van der Waals surface area contributed by atoms with Gasteiger partial charge in [0.1, 0.15) is 0 Å². The lowest BCUT2D eigenvalue weighted by atomic mass is 10.2. The quantitative estimate of drug-likeness (QED) is 0.817. The van der Waals surface area contributed by atoms with Crippen LogP contribution in [0.5, 0.6) is 0 Å². The molecule has 1 aromatic rings. The SMILES string of the molecule is BrCCN1CCCNc2ccccc21. The first kappa shape index (κ1) is 9.84. The zero-order valence-corrected chi connectivity index (χ0v) is 9.76. The molecule has 2 rings (SSSR count). The number of benzene rings is 1. The van der Waals surface area contributed by atoms with Gasteiger partial charge in [-0.05, 0) is 18.6 Å². The van der Waals surface area contributed by atoms with Gasteiger partial charge in [-0.25, -0.2) is 0 Å². The Bertz CT molecular complexity index is 301. The van der Waals surface area contributed by atoms with Crippen LogP contribution in [0.15, 0.2) is 24.3 Å². The van der Waals surface area contributed by atoms with Crippen molar-refractivity contribution in [2.24, 2.45) is 0 Å². The summed E-state index contributed by atoms with van der Waals surface area (Å²) in [6.07, 6.45) is 1.21. The van der Waals surface area contributed by atoms with Crippen molar-refractivity contribution >= 4 is 27.3 Å². The number of halogens is 1. The van der Waals surface area contributed by atoms with Gasteiger partial charge in [-0.1, -0.05) is 28.1 Å². The molecule has 0 saturated carbocycles. The molecule has 0 fully saturated rings. The van der Waals surface area contributed by atoms with E-state index in [9.17, 15) is 0 Å². The van der Waals surface area contributed by atoms with Crippen LogP contribution in [0.3, 0.4) is 0 Å². The Hall–Kier alpha value is -0.700. The number of fused-ring (bicyclic) bond motifs is 1. The summed E-state index contributed by atoms with van der Waals surface area (Å²) >= 11 is 3.50. The zero-order chi connectivity index (χ0) is 9.80. The highest BCUT2D eigenvalue weighted by Gasteiger charge is 2.12. The van der Waals surface area contributed by atoms with Gasteiger partial charge in [-0.2, -0.15) is 0 Å². The van der Waals surface area contributed by atoms with E-state index in [2.05, 4.69) is 50.4 Å². The lowest BCUT2D eigenvalue weighted by molar-refractivity contribution is 0.791. The van der Waals surface area contributed by atoms with Crippen molar-refractivity contribution in [3.63, 3.8) is 0 Å². The fourth-order valence-electron chi connectivity index (χ4n) is 1.85. The highest BCUT2D eigenvalue weighted by Crippen LogP contribution is 2.27. The van der Waals surface area contributed by atoms with Gasteiger partial charge in [0, 0.05) is 25.0 Å². The molecule has 0 unspecified atom stereocenters. The Labute approximate surface area is 93.4 Å². The molecule has 1 aliphatic heterocycles. The van der Waals surface area contributed by atoms with Gasteiger partial charge in [-0.3, -0.25) is 0 Å². The molecule has 1 aromatic carbocycles. The minimum Gasteiger partial charge on any atom is -0.383 e. The van der Waals surface area contributed by atoms with Crippen molar-refractivity contribution in [2.45, 2.75) is 6.42 Å². The molecule has 0 aromatic heterocycles. The Kier molecular flexibility index (Phi) is 3.30. The predicted molar refractivity (Wildman–Crippen MR) is 65.6 cm³/mol. The second-order valence-corrected chi connectivity index (χ2v) is 4.27. The standard InChI is InChI=1S/C11H15BrN2/c12-6-9-14-8-3-7-13-10-4-1-2-5-11(10)14/h1-2,4-5,13H,3,6-9H2. The molecule has 2 nitrogen and oxygen atoms in total. The third-order valence-corrected chi connectivity index (χ3v) is 2.87. The lowest BCUT2D eigenvalue weighted by Crippen LogP contribution is -2.25. The average molecular weight is 255 g/mol. The molecule has 1 heterocycles. The molecule has 0 saturated heterocycles. The smallest absolute Gasteiger partial charge is 0.0602 e. The van der Waals surface area contributed by atoms with E-state index in [1.165, 1.54) is 17.8 Å². The number of hydrogen-bond donors (Lipinski definition) is 1. The molecule has 1 aliphatic rings. The molecule has 14 heavy (non-hydrogen) atoms. The highest BCUT2D eigenvalue weighted by molar-refractivity contribution is 9.09. The third kappa shape index (κ3) is 2.03. The van der Waals surface area contributed by atoms with Crippen LogP contribution >= 0.6 is 15.9 Å². The van der Waals surface area contributed by atoms with Gasteiger partial charge >= 0.3 is 0 Å². The summed E-state index contributed by atoms with van der Waals surface area (Å²) in [6.45, 7) is 3.31. The van der Waals surface area contributed by atoms with Crippen LogP contribution in [0.1, 0.15) is 6.42 Å². The van der Waals surface area contributed by atoms with Gasteiger partial charge in [0.05, 0.1) is 11.4 Å². The topological polar surface area (TPSA) is 15.3 Å². The molecule has 3 heteroatoms. The molecule has 0 amide bonds. The van der Waals surface area contributed by atoms with Gasteiger partial charge in [0.25, 0.3) is 0 Å². The molecule has 0 atom stereocenters. The van der Waals surface area contributed by atoms with E-state index in [0.717, 1.165) is 25.0 Å². The monoisotopic (exact) mass is 254 g/mol. The average Bonchev–Trinajstić information content (AvgIpc) is 2.42. The van der Waals surface area contributed by atoms with Gasteiger partial charge in [0.2, 0.25) is 0 Å². The summed E-state index contributed by atoms with van der Waals surface area (Å²) in [5.41, 5.74) is 2.61. The molecule has 1 N–H and O–H groups in total. The Balaban J connectivity index is 2.27. The minimum atomic E-state index is 1.03. The number of rotatable bonds is 2. The van der Waals surface area contributed by atoms with E-state index in [1.54, 1.807) is 0 Å². The molecule has 76 valence electrons. The minimum absolute atomic E-state index is 1.03.